The van der Waals surface area contributed by atoms with Gasteiger partial charge in [-0.1, -0.05) is 74.5 Å². The minimum absolute atomic E-state index is 0.261. The van der Waals surface area contributed by atoms with Crippen LogP contribution in [-0.2, 0) is 10.0 Å². The van der Waals surface area contributed by atoms with Gasteiger partial charge in [-0.15, -0.1) is 0 Å². The summed E-state index contributed by atoms with van der Waals surface area (Å²) in [5.41, 5.74) is 3.94. The molecule has 2 aromatic carbocycles. The summed E-state index contributed by atoms with van der Waals surface area (Å²) in [7, 11) is -3.50. The van der Waals surface area contributed by atoms with Crippen LogP contribution in [-0.4, -0.2) is 48.9 Å². The summed E-state index contributed by atoms with van der Waals surface area (Å²) in [5.74, 6) is 1.88. The third-order valence-electron chi connectivity index (χ3n) is 6.07. The molecule has 3 aromatic rings. The minimum atomic E-state index is -3.50. The van der Waals surface area contributed by atoms with Gasteiger partial charge in [-0.25, -0.2) is 18.4 Å². The van der Waals surface area contributed by atoms with Gasteiger partial charge in [0.1, 0.15) is 5.82 Å². The highest BCUT2D eigenvalue weighted by atomic mass is 32.2. The third-order valence-corrected chi connectivity index (χ3v) is 7.64. The number of hydrogen-bond acceptors (Lipinski definition) is 5. The summed E-state index contributed by atoms with van der Waals surface area (Å²) in [6.45, 7) is 8.59. The SMILES string of the molecule is Cc1nc(-c2ccccc2)nc(N2CCCN(S(=O)(=O)/C=C/c3ccccc3)CC2)c1C(C)C. The third kappa shape index (κ3) is 5.54. The normalized spacial score (nSPS) is 15.7. The number of hydrogen-bond donors (Lipinski definition) is 0. The van der Waals surface area contributed by atoms with Gasteiger partial charge in [0.05, 0.1) is 0 Å². The Balaban J connectivity index is 1.59. The molecular weight excluding hydrogens is 444 g/mol. The lowest BCUT2D eigenvalue weighted by Crippen LogP contribution is -2.34. The van der Waals surface area contributed by atoms with Crippen molar-refractivity contribution >= 4 is 21.9 Å². The Bertz CT molecular complexity index is 1240. The molecule has 1 aliphatic heterocycles. The van der Waals surface area contributed by atoms with Crippen LogP contribution in [0.5, 0.6) is 0 Å². The quantitative estimate of drug-likeness (QED) is 0.496. The van der Waals surface area contributed by atoms with Crippen LogP contribution in [0.3, 0.4) is 0 Å². The number of rotatable bonds is 6. The summed E-state index contributed by atoms with van der Waals surface area (Å²) < 4.78 is 27.6. The molecule has 0 bridgehead atoms. The first-order valence-corrected chi connectivity index (χ1v) is 13.3. The molecular formula is C27H32N4O2S. The van der Waals surface area contributed by atoms with Crippen LogP contribution < -0.4 is 4.90 Å². The summed E-state index contributed by atoms with van der Waals surface area (Å²) in [6.07, 6.45) is 2.40. The summed E-state index contributed by atoms with van der Waals surface area (Å²) >= 11 is 0. The average Bonchev–Trinajstić information content (AvgIpc) is 3.10. The van der Waals surface area contributed by atoms with E-state index in [0.717, 1.165) is 41.2 Å². The van der Waals surface area contributed by atoms with Crippen molar-refractivity contribution in [2.45, 2.75) is 33.1 Å². The van der Waals surface area contributed by atoms with Crippen molar-refractivity contribution in [2.75, 3.05) is 31.1 Å². The Hall–Kier alpha value is -3.03. The van der Waals surface area contributed by atoms with E-state index in [9.17, 15) is 8.42 Å². The molecule has 0 spiro atoms. The Labute approximate surface area is 203 Å². The van der Waals surface area contributed by atoms with Crippen LogP contribution in [0.2, 0.25) is 0 Å². The van der Waals surface area contributed by atoms with Gasteiger partial charge in [-0.2, -0.15) is 4.31 Å². The molecule has 1 aromatic heterocycles. The molecule has 6 nitrogen and oxygen atoms in total. The Morgan fingerprint density at radius 2 is 1.56 bits per heavy atom. The second kappa shape index (κ2) is 10.5. The minimum Gasteiger partial charge on any atom is -0.355 e. The lowest BCUT2D eigenvalue weighted by Gasteiger charge is -2.27. The van der Waals surface area contributed by atoms with Crippen LogP contribution in [0, 0.1) is 6.92 Å². The highest BCUT2D eigenvalue weighted by Crippen LogP contribution is 2.31. The molecule has 1 saturated heterocycles. The van der Waals surface area contributed by atoms with Crippen molar-refractivity contribution in [3.05, 3.63) is 82.9 Å². The van der Waals surface area contributed by atoms with Crippen molar-refractivity contribution in [2.24, 2.45) is 0 Å². The molecule has 34 heavy (non-hydrogen) atoms. The Morgan fingerprint density at radius 3 is 2.24 bits per heavy atom. The van der Waals surface area contributed by atoms with E-state index >= 15 is 0 Å². The van der Waals surface area contributed by atoms with Gasteiger partial charge in [-0.05, 0) is 30.9 Å². The van der Waals surface area contributed by atoms with E-state index in [0.29, 0.717) is 25.5 Å². The number of aromatic nitrogens is 2. The number of aryl methyl sites for hydroxylation is 1. The number of benzene rings is 2. The van der Waals surface area contributed by atoms with Crippen LogP contribution in [0.1, 0.15) is 43.0 Å². The van der Waals surface area contributed by atoms with E-state index in [1.54, 1.807) is 10.4 Å². The van der Waals surface area contributed by atoms with Gasteiger partial charge in [0.15, 0.2) is 5.82 Å². The molecule has 4 rings (SSSR count). The fourth-order valence-corrected chi connectivity index (χ4v) is 5.60. The summed E-state index contributed by atoms with van der Waals surface area (Å²) in [5, 5.41) is 1.32. The predicted octanol–water partition coefficient (Wildman–Crippen LogP) is 5.09. The van der Waals surface area contributed by atoms with Crippen LogP contribution in [0.4, 0.5) is 5.82 Å². The first-order valence-electron chi connectivity index (χ1n) is 11.8. The first-order chi connectivity index (χ1) is 16.3. The highest BCUT2D eigenvalue weighted by molar-refractivity contribution is 7.92. The molecule has 0 amide bonds. The molecule has 0 aliphatic carbocycles. The van der Waals surface area contributed by atoms with Gasteiger partial charge < -0.3 is 4.90 Å². The molecule has 0 saturated carbocycles. The van der Waals surface area contributed by atoms with E-state index in [1.807, 2.05) is 67.6 Å². The van der Waals surface area contributed by atoms with E-state index in [-0.39, 0.29) is 5.92 Å². The highest BCUT2D eigenvalue weighted by Gasteiger charge is 2.26. The predicted molar refractivity (Wildman–Crippen MR) is 139 cm³/mol. The standard InChI is InChI=1S/C27H32N4O2S/c1-21(2)25-22(3)28-26(24-13-8-5-9-14-24)29-27(25)30-16-10-17-31(19-18-30)34(32,33)20-15-23-11-6-4-7-12-23/h4-9,11-15,20-21H,10,16-19H2,1-3H3/b20-15+. The topological polar surface area (TPSA) is 66.4 Å². The van der Waals surface area contributed by atoms with Crippen molar-refractivity contribution in [1.29, 1.82) is 0 Å². The number of sulfonamides is 1. The van der Waals surface area contributed by atoms with E-state index in [1.165, 1.54) is 5.41 Å². The zero-order chi connectivity index (χ0) is 24.1. The van der Waals surface area contributed by atoms with E-state index in [2.05, 4.69) is 18.7 Å². The fourth-order valence-electron chi connectivity index (χ4n) is 4.37. The average molecular weight is 477 g/mol. The molecule has 1 aliphatic rings. The Morgan fingerprint density at radius 1 is 0.882 bits per heavy atom. The zero-order valence-corrected chi connectivity index (χ0v) is 20.9. The maximum Gasteiger partial charge on any atom is 0.236 e. The van der Waals surface area contributed by atoms with E-state index in [4.69, 9.17) is 9.97 Å². The maximum absolute atomic E-state index is 13.0. The number of anilines is 1. The van der Waals surface area contributed by atoms with Crippen LogP contribution in [0.15, 0.2) is 66.1 Å². The van der Waals surface area contributed by atoms with Gasteiger partial charge in [0.25, 0.3) is 0 Å². The molecule has 2 heterocycles. The first kappa shape index (κ1) is 24.1. The molecule has 7 heteroatoms. The summed E-state index contributed by atoms with van der Waals surface area (Å²) in [6, 6.07) is 19.5. The molecule has 0 N–H and O–H groups in total. The van der Waals surface area contributed by atoms with Gasteiger partial charge in [-0.3, -0.25) is 0 Å². The zero-order valence-electron chi connectivity index (χ0n) is 20.1. The van der Waals surface area contributed by atoms with Crippen molar-refractivity contribution < 1.29 is 8.42 Å². The summed E-state index contributed by atoms with van der Waals surface area (Å²) in [4.78, 5) is 12.0. The molecule has 178 valence electrons. The van der Waals surface area contributed by atoms with Gasteiger partial charge >= 0.3 is 0 Å². The fraction of sp³-hybridized carbons (Fsp3) is 0.333. The smallest absolute Gasteiger partial charge is 0.236 e. The monoisotopic (exact) mass is 476 g/mol. The van der Waals surface area contributed by atoms with E-state index < -0.39 is 10.0 Å². The van der Waals surface area contributed by atoms with Crippen molar-refractivity contribution in [1.82, 2.24) is 14.3 Å². The molecule has 0 atom stereocenters. The second-order valence-electron chi connectivity index (χ2n) is 8.89. The van der Waals surface area contributed by atoms with Crippen LogP contribution in [0.25, 0.3) is 17.5 Å². The van der Waals surface area contributed by atoms with Crippen LogP contribution >= 0.6 is 0 Å². The van der Waals surface area contributed by atoms with Crippen molar-refractivity contribution in [3.8, 4) is 11.4 Å². The molecule has 0 radical (unpaired) electrons. The second-order valence-corrected chi connectivity index (χ2v) is 10.7. The lowest BCUT2D eigenvalue weighted by atomic mass is 10.0. The number of nitrogens with zero attached hydrogens (tertiary/aromatic N) is 4. The molecule has 0 unspecified atom stereocenters. The molecule has 1 fully saturated rings. The van der Waals surface area contributed by atoms with Crippen molar-refractivity contribution in [3.63, 3.8) is 0 Å². The van der Waals surface area contributed by atoms with Gasteiger partial charge in [0, 0.05) is 48.4 Å². The Kier molecular flexibility index (Phi) is 7.44. The lowest BCUT2D eigenvalue weighted by molar-refractivity contribution is 0.440. The van der Waals surface area contributed by atoms with Gasteiger partial charge in [0.2, 0.25) is 10.0 Å². The largest absolute Gasteiger partial charge is 0.355 e. The maximum atomic E-state index is 13.0.